The second kappa shape index (κ2) is 6.69. The Kier molecular flexibility index (Phi) is 4.93. The summed E-state index contributed by atoms with van der Waals surface area (Å²) in [6.45, 7) is 1.48. The predicted molar refractivity (Wildman–Crippen MR) is 73.5 cm³/mol. The minimum atomic E-state index is -0.902. The summed E-state index contributed by atoms with van der Waals surface area (Å²) in [5.41, 5.74) is -0.576. The van der Waals surface area contributed by atoms with E-state index >= 15 is 0 Å². The normalized spacial score (nSPS) is 18.0. The molecule has 1 fully saturated rings. The third-order valence-corrected chi connectivity index (χ3v) is 3.82. The van der Waals surface area contributed by atoms with Gasteiger partial charge in [0.1, 0.15) is 5.54 Å². The molecule has 1 saturated carbocycles. The van der Waals surface area contributed by atoms with E-state index in [9.17, 15) is 9.59 Å². The molecule has 2 N–H and O–H groups in total. The topological polar surface area (TPSA) is 105 Å². The zero-order valence-corrected chi connectivity index (χ0v) is 12.2. The van der Waals surface area contributed by atoms with Crippen molar-refractivity contribution in [3.05, 3.63) is 11.7 Å². The first-order chi connectivity index (χ1) is 10.0. The molecule has 116 valence electrons. The maximum atomic E-state index is 11.5. The molecule has 0 bridgehead atoms. The molecular formula is C14H21N3O4. The number of aryl methyl sites for hydroxylation is 1. The SMILES string of the molecule is CC(=O)NC1(c2noc(CCC(=O)O)n2)CCCCCC1. The van der Waals surface area contributed by atoms with Crippen LogP contribution in [0.3, 0.4) is 0 Å². The van der Waals surface area contributed by atoms with Crippen LogP contribution in [0.15, 0.2) is 4.52 Å². The van der Waals surface area contributed by atoms with Crippen molar-refractivity contribution in [2.24, 2.45) is 0 Å². The van der Waals surface area contributed by atoms with Crippen molar-refractivity contribution in [3.8, 4) is 0 Å². The predicted octanol–water partition coefficient (Wildman–Crippen LogP) is 1.77. The second-order valence-corrected chi connectivity index (χ2v) is 5.58. The number of carbonyl (C=O) groups excluding carboxylic acids is 1. The molecular weight excluding hydrogens is 274 g/mol. The van der Waals surface area contributed by atoms with Crippen molar-refractivity contribution in [2.75, 3.05) is 0 Å². The van der Waals surface area contributed by atoms with Crippen molar-refractivity contribution >= 4 is 11.9 Å². The molecule has 1 aliphatic rings. The molecule has 1 aliphatic carbocycles. The van der Waals surface area contributed by atoms with Crippen LogP contribution in [0.4, 0.5) is 0 Å². The highest BCUT2D eigenvalue weighted by Crippen LogP contribution is 2.34. The third kappa shape index (κ3) is 4.03. The Bertz CT molecular complexity index is 504. The van der Waals surface area contributed by atoms with Gasteiger partial charge in [0.15, 0.2) is 5.82 Å². The van der Waals surface area contributed by atoms with Gasteiger partial charge in [-0.3, -0.25) is 9.59 Å². The van der Waals surface area contributed by atoms with Gasteiger partial charge in [0.2, 0.25) is 11.8 Å². The maximum absolute atomic E-state index is 11.5. The number of nitrogens with one attached hydrogen (secondary N) is 1. The summed E-state index contributed by atoms with van der Waals surface area (Å²) >= 11 is 0. The minimum absolute atomic E-state index is 0.0469. The highest BCUT2D eigenvalue weighted by atomic mass is 16.5. The Morgan fingerprint density at radius 3 is 2.52 bits per heavy atom. The van der Waals surface area contributed by atoms with Crippen LogP contribution in [0.1, 0.15) is 63.6 Å². The van der Waals surface area contributed by atoms with Gasteiger partial charge in [0.05, 0.1) is 6.42 Å². The van der Waals surface area contributed by atoms with E-state index in [0.717, 1.165) is 38.5 Å². The molecule has 2 rings (SSSR count). The Morgan fingerprint density at radius 2 is 1.95 bits per heavy atom. The maximum Gasteiger partial charge on any atom is 0.303 e. The number of hydrogen-bond donors (Lipinski definition) is 2. The Balaban J connectivity index is 2.19. The lowest BCUT2D eigenvalue weighted by Gasteiger charge is -2.30. The van der Waals surface area contributed by atoms with Crippen molar-refractivity contribution in [2.45, 2.75) is 63.8 Å². The van der Waals surface area contributed by atoms with Crippen LogP contribution < -0.4 is 5.32 Å². The fraction of sp³-hybridized carbons (Fsp3) is 0.714. The van der Waals surface area contributed by atoms with E-state index in [2.05, 4.69) is 15.5 Å². The van der Waals surface area contributed by atoms with Crippen LogP contribution in [-0.4, -0.2) is 27.1 Å². The smallest absolute Gasteiger partial charge is 0.303 e. The largest absolute Gasteiger partial charge is 0.481 e. The highest BCUT2D eigenvalue weighted by Gasteiger charge is 2.38. The number of carboxylic acids is 1. The van der Waals surface area contributed by atoms with Crippen molar-refractivity contribution in [1.29, 1.82) is 0 Å². The van der Waals surface area contributed by atoms with Gasteiger partial charge in [-0.25, -0.2) is 0 Å². The fourth-order valence-electron chi connectivity index (χ4n) is 2.84. The first-order valence-electron chi connectivity index (χ1n) is 7.35. The molecule has 1 heterocycles. The van der Waals surface area contributed by atoms with E-state index in [1.807, 2.05) is 0 Å². The van der Waals surface area contributed by atoms with Gasteiger partial charge in [-0.15, -0.1) is 0 Å². The number of aliphatic carboxylic acids is 1. The summed E-state index contributed by atoms with van der Waals surface area (Å²) < 4.78 is 5.14. The van der Waals surface area contributed by atoms with E-state index in [1.54, 1.807) is 0 Å². The Morgan fingerprint density at radius 1 is 1.29 bits per heavy atom. The van der Waals surface area contributed by atoms with Crippen LogP contribution in [0.25, 0.3) is 0 Å². The number of rotatable bonds is 5. The molecule has 0 unspecified atom stereocenters. The summed E-state index contributed by atoms with van der Waals surface area (Å²) in [5.74, 6) is -0.240. The molecule has 0 saturated heterocycles. The number of carboxylic acid groups (broad SMARTS) is 1. The summed E-state index contributed by atoms with van der Waals surface area (Å²) in [5, 5.41) is 15.7. The van der Waals surface area contributed by atoms with E-state index in [4.69, 9.17) is 9.63 Å². The number of aromatic nitrogens is 2. The second-order valence-electron chi connectivity index (χ2n) is 5.58. The minimum Gasteiger partial charge on any atom is -0.481 e. The van der Waals surface area contributed by atoms with Gasteiger partial charge in [0, 0.05) is 13.3 Å². The van der Waals surface area contributed by atoms with Gasteiger partial charge in [-0.1, -0.05) is 30.8 Å². The number of amides is 1. The number of carbonyl (C=O) groups is 2. The van der Waals surface area contributed by atoms with Crippen LogP contribution >= 0.6 is 0 Å². The molecule has 1 aromatic heterocycles. The van der Waals surface area contributed by atoms with E-state index < -0.39 is 11.5 Å². The van der Waals surface area contributed by atoms with E-state index in [0.29, 0.717) is 11.7 Å². The molecule has 7 nitrogen and oxygen atoms in total. The monoisotopic (exact) mass is 295 g/mol. The molecule has 0 aromatic carbocycles. The molecule has 1 amide bonds. The average Bonchev–Trinajstić information content (AvgIpc) is 2.77. The highest BCUT2D eigenvalue weighted by molar-refractivity contribution is 5.74. The zero-order valence-electron chi connectivity index (χ0n) is 12.2. The van der Waals surface area contributed by atoms with Crippen LogP contribution in [0, 0.1) is 0 Å². The van der Waals surface area contributed by atoms with Crippen LogP contribution in [0.5, 0.6) is 0 Å². The van der Waals surface area contributed by atoms with Crippen molar-refractivity contribution < 1.29 is 19.2 Å². The van der Waals surface area contributed by atoms with Crippen molar-refractivity contribution in [1.82, 2.24) is 15.5 Å². The summed E-state index contributed by atoms with van der Waals surface area (Å²) in [6.07, 6.45) is 5.98. The number of hydrogen-bond acceptors (Lipinski definition) is 5. The van der Waals surface area contributed by atoms with Crippen molar-refractivity contribution in [3.63, 3.8) is 0 Å². The molecule has 21 heavy (non-hydrogen) atoms. The van der Waals surface area contributed by atoms with Gasteiger partial charge < -0.3 is 14.9 Å². The zero-order chi connectivity index (χ0) is 15.3. The Hall–Kier alpha value is -1.92. The quantitative estimate of drug-likeness (QED) is 0.802. The van der Waals surface area contributed by atoms with Crippen LogP contribution in [-0.2, 0) is 21.5 Å². The lowest BCUT2D eigenvalue weighted by molar-refractivity contribution is -0.137. The molecule has 7 heteroatoms. The third-order valence-electron chi connectivity index (χ3n) is 3.82. The molecule has 0 radical (unpaired) electrons. The fourth-order valence-corrected chi connectivity index (χ4v) is 2.84. The first-order valence-corrected chi connectivity index (χ1v) is 7.35. The van der Waals surface area contributed by atoms with Gasteiger partial charge >= 0.3 is 5.97 Å². The summed E-state index contributed by atoms with van der Waals surface area (Å²) in [6, 6.07) is 0. The van der Waals surface area contributed by atoms with Gasteiger partial charge in [0.25, 0.3) is 0 Å². The molecule has 0 atom stereocenters. The Labute approximate surface area is 123 Å². The van der Waals surface area contributed by atoms with E-state index in [-0.39, 0.29) is 18.7 Å². The van der Waals surface area contributed by atoms with Crippen LogP contribution in [0.2, 0.25) is 0 Å². The lowest BCUT2D eigenvalue weighted by Crippen LogP contribution is -2.45. The van der Waals surface area contributed by atoms with Gasteiger partial charge in [-0.2, -0.15) is 4.98 Å². The standard InChI is InChI=1S/C14H21N3O4/c1-10(18)16-14(8-4-2-3-5-9-14)13-15-11(21-17-13)6-7-12(19)20/h2-9H2,1H3,(H,16,18)(H,19,20). The summed E-state index contributed by atoms with van der Waals surface area (Å²) in [7, 11) is 0. The number of nitrogens with zero attached hydrogens (tertiary/aromatic N) is 2. The summed E-state index contributed by atoms with van der Waals surface area (Å²) in [4.78, 5) is 26.5. The van der Waals surface area contributed by atoms with E-state index in [1.165, 1.54) is 6.92 Å². The average molecular weight is 295 g/mol. The molecule has 0 spiro atoms. The first kappa shape index (κ1) is 15.5. The molecule has 1 aromatic rings. The molecule has 0 aliphatic heterocycles. The lowest BCUT2D eigenvalue weighted by atomic mass is 9.89. The van der Waals surface area contributed by atoms with Gasteiger partial charge in [-0.05, 0) is 12.8 Å².